The van der Waals surface area contributed by atoms with Gasteiger partial charge >= 0.3 is 6.03 Å². The van der Waals surface area contributed by atoms with Gasteiger partial charge < -0.3 is 20.5 Å². The van der Waals surface area contributed by atoms with Crippen LogP contribution in [-0.4, -0.2) is 55.4 Å². The number of likely N-dealkylation sites (tertiary alicyclic amines) is 1. The van der Waals surface area contributed by atoms with Gasteiger partial charge in [-0.25, -0.2) is 4.79 Å². The van der Waals surface area contributed by atoms with Crippen LogP contribution in [0.1, 0.15) is 31.4 Å². The van der Waals surface area contributed by atoms with Crippen LogP contribution in [0, 0.1) is 0 Å². The molecule has 1 aliphatic heterocycles. The second kappa shape index (κ2) is 9.44. The number of methoxy groups -OCH3 is 1. The van der Waals surface area contributed by atoms with Crippen molar-refractivity contribution < 1.29 is 14.6 Å². The summed E-state index contributed by atoms with van der Waals surface area (Å²) in [5.74, 6) is 0.736. The molecule has 0 saturated carbocycles. The number of carbonyl (C=O) groups is 1. The molecule has 1 saturated heterocycles. The van der Waals surface area contributed by atoms with E-state index in [1.165, 1.54) is 0 Å². The highest BCUT2D eigenvalue weighted by Gasteiger charge is 2.20. The molecule has 1 aliphatic rings. The van der Waals surface area contributed by atoms with Crippen LogP contribution < -0.4 is 15.4 Å². The maximum atomic E-state index is 12.0. The number of carbonyl (C=O) groups excluding carboxylic acids is 1. The van der Waals surface area contributed by atoms with E-state index in [-0.39, 0.29) is 18.6 Å². The Bertz CT molecular complexity index is 566. The normalized spacial score (nSPS) is 16.9. The lowest BCUT2D eigenvalue weighted by Gasteiger charge is -2.32. The molecule has 1 atom stereocenters. The fourth-order valence-corrected chi connectivity index (χ4v) is 2.99. The number of aliphatic hydroxyl groups is 1. The Morgan fingerprint density at radius 2 is 2.00 bits per heavy atom. The highest BCUT2D eigenvalue weighted by molar-refractivity contribution is 5.74. The van der Waals surface area contributed by atoms with E-state index in [1.807, 2.05) is 6.92 Å². The Balaban J connectivity index is 1.69. The van der Waals surface area contributed by atoms with Crippen LogP contribution in [0.25, 0.3) is 0 Å². The molecule has 0 radical (unpaired) electrons. The summed E-state index contributed by atoms with van der Waals surface area (Å²) in [5.41, 5.74) is 1.91. The fourth-order valence-electron chi connectivity index (χ4n) is 2.99. The van der Waals surface area contributed by atoms with E-state index in [2.05, 4.69) is 22.1 Å². The third-order valence-corrected chi connectivity index (χ3v) is 4.37. The molecule has 2 amide bonds. The van der Waals surface area contributed by atoms with Crippen molar-refractivity contribution in [3.63, 3.8) is 0 Å². The zero-order chi connectivity index (χ0) is 18.2. The van der Waals surface area contributed by atoms with Gasteiger partial charge in [-0.2, -0.15) is 0 Å². The van der Waals surface area contributed by atoms with Gasteiger partial charge in [0.15, 0.2) is 0 Å². The molecule has 6 nitrogen and oxygen atoms in total. The van der Waals surface area contributed by atoms with Crippen LogP contribution in [0.15, 0.2) is 36.4 Å². The van der Waals surface area contributed by atoms with E-state index in [4.69, 9.17) is 4.74 Å². The Morgan fingerprint density at radius 3 is 2.56 bits per heavy atom. The molecule has 6 heteroatoms. The van der Waals surface area contributed by atoms with Gasteiger partial charge in [0.25, 0.3) is 0 Å². The molecular formula is C19H29N3O3. The lowest BCUT2D eigenvalue weighted by Crippen LogP contribution is -2.48. The van der Waals surface area contributed by atoms with Gasteiger partial charge in [0.2, 0.25) is 0 Å². The number of piperidine rings is 1. The summed E-state index contributed by atoms with van der Waals surface area (Å²) in [5, 5.41) is 15.9. The standard InChI is InChI=1S/C19H29N3O3/c1-14(2)13-22-10-8-16(9-11-22)21-19(24)20-12-18(23)15-4-6-17(25-3)7-5-15/h4-7,16,18,23H,1,8-13H2,2-3H3,(H2,20,21,24)/t18-/m1/s1. The lowest BCUT2D eigenvalue weighted by atomic mass is 10.0. The third kappa shape index (κ3) is 6.40. The number of nitrogens with one attached hydrogen (secondary N) is 2. The predicted molar refractivity (Wildman–Crippen MR) is 98.8 cm³/mol. The van der Waals surface area contributed by atoms with E-state index < -0.39 is 6.10 Å². The minimum atomic E-state index is -0.742. The Hall–Kier alpha value is -2.05. The number of ether oxygens (including phenoxy) is 1. The second-order valence-electron chi connectivity index (χ2n) is 6.65. The van der Waals surface area contributed by atoms with Gasteiger partial charge in [0.1, 0.15) is 5.75 Å². The van der Waals surface area contributed by atoms with Crippen molar-refractivity contribution in [3.8, 4) is 5.75 Å². The van der Waals surface area contributed by atoms with E-state index >= 15 is 0 Å². The van der Waals surface area contributed by atoms with Crippen LogP contribution >= 0.6 is 0 Å². The van der Waals surface area contributed by atoms with Gasteiger partial charge in [-0.3, -0.25) is 4.90 Å². The van der Waals surface area contributed by atoms with E-state index in [1.54, 1.807) is 31.4 Å². The summed E-state index contributed by atoms with van der Waals surface area (Å²) in [6, 6.07) is 7.11. The monoisotopic (exact) mass is 347 g/mol. The average molecular weight is 347 g/mol. The van der Waals surface area contributed by atoms with Crippen molar-refractivity contribution in [1.82, 2.24) is 15.5 Å². The molecule has 2 rings (SSSR count). The molecule has 0 bridgehead atoms. The molecule has 138 valence electrons. The maximum Gasteiger partial charge on any atom is 0.315 e. The summed E-state index contributed by atoms with van der Waals surface area (Å²) in [4.78, 5) is 14.4. The van der Waals surface area contributed by atoms with Gasteiger partial charge in [-0.15, -0.1) is 0 Å². The highest BCUT2D eigenvalue weighted by Crippen LogP contribution is 2.17. The molecule has 25 heavy (non-hydrogen) atoms. The first-order chi connectivity index (χ1) is 12.0. The first kappa shape index (κ1) is 19.3. The van der Waals surface area contributed by atoms with Crippen molar-refractivity contribution >= 4 is 6.03 Å². The van der Waals surface area contributed by atoms with Crippen molar-refractivity contribution in [3.05, 3.63) is 42.0 Å². The van der Waals surface area contributed by atoms with Gasteiger partial charge in [-0.05, 0) is 37.5 Å². The number of benzene rings is 1. The number of amides is 2. The SMILES string of the molecule is C=C(C)CN1CCC(NC(=O)NC[C@@H](O)c2ccc(OC)cc2)CC1. The average Bonchev–Trinajstić information content (AvgIpc) is 2.61. The molecule has 1 heterocycles. The summed E-state index contributed by atoms with van der Waals surface area (Å²) in [6.07, 6.45) is 1.12. The van der Waals surface area contributed by atoms with Crippen molar-refractivity contribution in [1.29, 1.82) is 0 Å². The lowest BCUT2D eigenvalue weighted by molar-refractivity contribution is 0.169. The number of hydrogen-bond acceptors (Lipinski definition) is 4. The van der Waals surface area contributed by atoms with Crippen LogP contribution in [0.3, 0.4) is 0 Å². The Morgan fingerprint density at radius 1 is 1.36 bits per heavy atom. The molecule has 0 unspecified atom stereocenters. The molecule has 3 N–H and O–H groups in total. The quantitative estimate of drug-likeness (QED) is 0.660. The van der Waals surface area contributed by atoms with Gasteiger partial charge in [-0.1, -0.05) is 24.3 Å². The first-order valence-electron chi connectivity index (χ1n) is 8.71. The molecule has 0 aromatic heterocycles. The van der Waals surface area contributed by atoms with E-state index in [0.29, 0.717) is 0 Å². The number of urea groups is 1. The topological polar surface area (TPSA) is 73.8 Å². The largest absolute Gasteiger partial charge is 0.497 e. The summed E-state index contributed by atoms with van der Waals surface area (Å²) in [7, 11) is 1.60. The summed E-state index contributed by atoms with van der Waals surface area (Å²) < 4.78 is 5.09. The van der Waals surface area contributed by atoms with Crippen LogP contribution in [-0.2, 0) is 0 Å². The first-order valence-corrected chi connectivity index (χ1v) is 8.71. The Kier molecular flexibility index (Phi) is 7.28. The van der Waals surface area contributed by atoms with Gasteiger partial charge in [0.05, 0.1) is 13.2 Å². The third-order valence-electron chi connectivity index (χ3n) is 4.37. The van der Waals surface area contributed by atoms with E-state index in [9.17, 15) is 9.90 Å². The van der Waals surface area contributed by atoms with Crippen LogP contribution in [0.5, 0.6) is 5.75 Å². The fraction of sp³-hybridized carbons (Fsp3) is 0.526. The minimum absolute atomic E-state index is 0.173. The highest BCUT2D eigenvalue weighted by atomic mass is 16.5. The van der Waals surface area contributed by atoms with Crippen molar-refractivity contribution in [2.45, 2.75) is 31.9 Å². The summed E-state index contributed by atoms with van der Waals surface area (Å²) in [6.45, 7) is 9.00. The van der Waals surface area contributed by atoms with Gasteiger partial charge in [0, 0.05) is 32.2 Å². The number of rotatable bonds is 7. The number of hydrogen-bond donors (Lipinski definition) is 3. The molecule has 0 aliphatic carbocycles. The molecule has 1 fully saturated rings. The predicted octanol–water partition coefficient (Wildman–Crippen LogP) is 2.07. The molecule has 1 aromatic carbocycles. The number of aliphatic hydroxyl groups excluding tert-OH is 1. The zero-order valence-corrected chi connectivity index (χ0v) is 15.1. The second-order valence-corrected chi connectivity index (χ2v) is 6.65. The van der Waals surface area contributed by atoms with Crippen LogP contribution in [0.4, 0.5) is 4.79 Å². The van der Waals surface area contributed by atoms with Crippen molar-refractivity contribution in [2.24, 2.45) is 0 Å². The van der Waals surface area contributed by atoms with Crippen molar-refractivity contribution in [2.75, 3.05) is 33.3 Å². The number of nitrogens with zero attached hydrogens (tertiary/aromatic N) is 1. The molecule has 0 spiro atoms. The maximum absolute atomic E-state index is 12.0. The summed E-state index contributed by atoms with van der Waals surface area (Å²) >= 11 is 0. The van der Waals surface area contributed by atoms with E-state index in [0.717, 1.165) is 49.4 Å². The minimum Gasteiger partial charge on any atom is -0.497 e. The Labute approximate surface area is 149 Å². The van der Waals surface area contributed by atoms with Crippen LogP contribution in [0.2, 0.25) is 0 Å². The smallest absolute Gasteiger partial charge is 0.315 e. The zero-order valence-electron chi connectivity index (χ0n) is 15.1. The molecular weight excluding hydrogens is 318 g/mol. The molecule has 1 aromatic rings.